The molecule has 0 saturated carbocycles. The van der Waals surface area contributed by atoms with Crippen LogP contribution in [0.3, 0.4) is 0 Å². The number of hydrogen-bond donors (Lipinski definition) is 1. The van der Waals surface area contributed by atoms with Gasteiger partial charge in [-0.1, -0.05) is 18.6 Å². The van der Waals surface area contributed by atoms with Gasteiger partial charge in [0.05, 0.1) is 12.3 Å². The van der Waals surface area contributed by atoms with Gasteiger partial charge in [-0.05, 0) is 75.0 Å². The normalized spacial score (nSPS) is 19.9. The van der Waals surface area contributed by atoms with Crippen LogP contribution < -0.4 is 10.2 Å². The van der Waals surface area contributed by atoms with Crippen LogP contribution in [0.1, 0.15) is 55.9 Å². The van der Waals surface area contributed by atoms with Gasteiger partial charge in [0.15, 0.2) is 0 Å². The minimum atomic E-state index is 0.341. The maximum Gasteiger partial charge on any atom is 0.122 e. The molecule has 0 aliphatic carbocycles. The lowest BCUT2D eigenvalue weighted by Crippen LogP contribution is -2.38. The van der Waals surface area contributed by atoms with Gasteiger partial charge in [0.2, 0.25) is 0 Å². The highest BCUT2D eigenvalue weighted by Crippen LogP contribution is 2.25. The van der Waals surface area contributed by atoms with Crippen LogP contribution in [0.25, 0.3) is 0 Å². The van der Waals surface area contributed by atoms with Crippen LogP contribution in [-0.4, -0.2) is 37.6 Å². The molecule has 0 unspecified atom stereocenters. The van der Waals surface area contributed by atoms with Crippen molar-refractivity contribution >= 4 is 5.69 Å². The molecule has 2 aromatic rings. The molecule has 1 atom stereocenters. The fraction of sp³-hybridized carbons (Fsp3) is 0.565. The molecule has 4 rings (SSSR count). The minimum Gasteiger partial charge on any atom is -0.468 e. The second kappa shape index (κ2) is 9.43. The zero-order valence-electron chi connectivity index (χ0n) is 16.4. The fourth-order valence-electron chi connectivity index (χ4n) is 4.45. The molecule has 4 nitrogen and oxygen atoms in total. The van der Waals surface area contributed by atoms with E-state index >= 15 is 0 Å². The number of nitrogens with zero attached hydrogens (tertiary/aromatic N) is 2. The minimum absolute atomic E-state index is 0.341. The summed E-state index contributed by atoms with van der Waals surface area (Å²) in [6.07, 6.45) is 9.79. The summed E-state index contributed by atoms with van der Waals surface area (Å²) in [5, 5.41) is 3.67. The van der Waals surface area contributed by atoms with Gasteiger partial charge in [-0.2, -0.15) is 0 Å². The Morgan fingerprint density at radius 3 is 2.22 bits per heavy atom. The van der Waals surface area contributed by atoms with Crippen LogP contribution in [0.5, 0.6) is 0 Å². The van der Waals surface area contributed by atoms with Crippen molar-refractivity contribution in [2.24, 2.45) is 0 Å². The zero-order chi connectivity index (χ0) is 18.3. The summed E-state index contributed by atoms with van der Waals surface area (Å²) >= 11 is 0. The molecule has 0 amide bonds. The van der Waals surface area contributed by atoms with E-state index in [1.165, 1.54) is 76.0 Å². The number of benzene rings is 1. The van der Waals surface area contributed by atoms with E-state index < -0.39 is 0 Å². The molecule has 27 heavy (non-hydrogen) atoms. The van der Waals surface area contributed by atoms with Gasteiger partial charge in [-0.3, -0.25) is 4.90 Å². The van der Waals surface area contributed by atoms with Crippen LogP contribution in [0, 0.1) is 0 Å². The van der Waals surface area contributed by atoms with Crippen LogP contribution in [-0.2, 0) is 6.54 Å². The lowest BCUT2D eigenvalue weighted by Gasteiger charge is -2.33. The number of anilines is 1. The van der Waals surface area contributed by atoms with Crippen molar-refractivity contribution in [2.75, 3.05) is 37.6 Å². The second-order valence-electron chi connectivity index (χ2n) is 7.97. The molecule has 4 heteroatoms. The van der Waals surface area contributed by atoms with Gasteiger partial charge in [0.25, 0.3) is 0 Å². The molecule has 2 fully saturated rings. The Balaban J connectivity index is 1.31. The topological polar surface area (TPSA) is 31.7 Å². The van der Waals surface area contributed by atoms with Gasteiger partial charge >= 0.3 is 0 Å². The van der Waals surface area contributed by atoms with Gasteiger partial charge in [0.1, 0.15) is 5.76 Å². The molecule has 2 aliphatic heterocycles. The monoisotopic (exact) mass is 367 g/mol. The quantitative estimate of drug-likeness (QED) is 0.776. The molecule has 0 spiro atoms. The van der Waals surface area contributed by atoms with Crippen molar-refractivity contribution in [3.05, 3.63) is 54.0 Å². The van der Waals surface area contributed by atoms with E-state index in [-0.39, 0.29) is 0 Å². The van der Waals surface area contributed by atoms with Gasteiger partial charge < -0.3 is 14.6 Å². The Labute approximate surface area is 163 Å². The summed E-state index contributed by atoms with van der Waals surface area (Å²) in [4.78, 5) is 5.10. The summed E-state index contributed by atoms with van der Waals surface area (Å²) in [5.41, 5.74) is 2.73. The molecule has 1 aromatic heterocycles. The van der Waals surface area contributed by atoms with Crippen molar-refractivity contribution in [1.82, 2.24) is 10.2 Å². The average molecular weight is 368 g/mol. The van der Waals surface area contributed by atoms with E-state index in [1.54, 1.807) is 6.26 Å². The number of piperidine rings is 2. The first-order valence-corrected chi connectivity index (χ1v) is 10.7. The van der Waals surface area contributed by atoms with Crippen LogP contribution >= 0.6 is 0 Å². The second-order valence-corrected chi connectivity index (χ2v) is 7.97. The van der Waals surface area contributed by atoms with E-state index in [0.29, 0.717) is 6.04 Å². The molecule has 0 radical (unpaired) electrons. The molecule has 2 aliphatic rings. The van der Waals surface area contributed by atoms with Crippen LogP contribution in [0.2, 0.25) is 0 Å². The van der Waals surface area contributed by atoms with E-state index in [1.807, 2.05) is 6.07 Å². The van der Waals surface area contributed by atoms with Gasteiger partial charge in [0, 0.05) is 31.9 Å². The third-order valence-electron chi connectivity index (χ3n) is 6.03. The molecular weight excluding hydrogens is 334 g/mol. The highest BCUT2D eigenvalue weighted by molar-refractivity contribution is 5.47. The number of furan rings is 1. The summed E-state index contributed by atoms with van der Waals surface area (Å²) < 4.78 is 5.75. The number of nitrogens with one attached hydrogen (secondary N) is 1. The molecule has 1 aromatic carbocycles. The van der Waals surface area contributed by atoms with Crippen molar-refractivity contribution in [3.63, 3.8) is 0 Å². The van der Waals surface area contributed by atoms with E-state index in [0.717, 1.165) is 18.8 Å². The smallest absolute Gasteiger partial charge is 0.122 e. The molecule has 1 N–H and O–H groups in total. The molecule has 2 saturated heterocycles. The number of rotatable bonds is 7. The predicted molar refractivity (Wildman–Crippen MR) is 111 cm³/mol. The Kier molecular flexibility index (Phi) is 6.49. The van der Waals surface area contributed by atoms with E-state index in [9.17, 15) is 0 Å². The Hall–Kier alpha value is -1.78. The first kappa shape index (κ1) is 18.6. The largest absolute Gasteiger partial charge is 0.468 e. The highest BCUT2D eigenvalue weighted by atomic mass is 16.3. The third-order valence-corrected chi connectivity index (χ3v) is 6.03. The predicted octanol–water partition coefficient (Wildman–Crippen LogP) is 4.59. The molecule has 3 heterocycles. The van der Waals surface area contributed by atoms with Crippen molar-refractivity contribution < 1.29 is 4.42 Å². The molecule has 0 bridgehead atoms. The number of likely N-dealkylation sites (tertiary alicyclic amines) is 1. The van der Waals surface area contributed by atoms with Crippen molar-refractivity contribution in [2.45, 2.75) is 51.1 Å². The standard InChI is InChI=1S/C23H33N3O/c1-3-13-25(14-4-1)21-11-9-20(10-12-21)18-24-19-22(23-8-7-17-27-23)26-15-5-2-6-16-26/h7-12,17,22,24H,1-6,13-16,18-19H2/t22-/m1/s1. The van der Waals surface area contributed by atoms with E-state index in [2.05, 4.69) is 45.4 Å². The maximum atomic E-state index is 5.75. The van der Waals surface area contributed by atoms with Crippen LogP contribution in [0.4, 0.5) is 5.69 Å². The maximum absolute atomic E-state index is 5.75. The van der Waals surface area contributed by atoms with Crippen molar-refractivity contribution in [1.29, 1.82) is 0 Å². The summed E-state index contributed by atoms with van der Waals surface area (Å²) in [6.45, 7) is 6.61. The third kappa shape index (κ3) is 4.94. The van der Waals surface area contributed by atoms with Crippen molar-refractivity contribution in [3.8, 4) is 0 Å². The SMILES string of the molecule is c1coc([C@@H](CNCc2ccc(N3CCCCC3)cc2)N2CCCCC2)c1. The lowest BCUT2D eigenvalue weighted by molar-refractivity contribution is 0.142. The first-order valence-electron chi connectivity index (χ1n) is 10.7. The summed E-state index contributed by atoms with van der Waals surface area (Å²) in [7, 11) is 0. The highest BCUT2D eigenvalue weighted by Gasteiger charge is 2.24. The first-order chi connectivity index (χ1) is 13.4. The fourth-order valence-corrected chi connectivity index (χ4v) is 4.45. The Bertz CT molecular complexity index is 655. The summed E-state index contributed by atoms with van der Waals surface area (Å²) in [6, 6.07) is 13.6. The van der Waals surface area contributed by atoms with Crippen LogP contribution in [0.15, 0.2) is 47.1 Å². The molecular formula is C23H33N3O. The lowest BCUT2D eigenvalue weighted by atomic mass is 10.1. The van der Waals surface area contributed by atoms with Gasteiger partial charge in [-0.25, -0.2) is 0 Å². The Morgan fingerprint density at radius 2 is 1.56 bits per heavy atom. The molecule has 146 valence electrons. The number of hydrogen-bond acceptors (Lipinski definition) is 4. The van der Waals surface area contributed by atoms with E-state index in [4.69, 9.17) is 4.42 Å². The zero-order valence-corrected chi connectivity index (χ0v) is 16.4. The Morgan fingerprint density at radius 1 is 0.852 bits per heavy atom. The average Bonchev–Trinajstić information content (AvgIpc) is 3.27. The summed E-state index contributed by atoms with van der Waals surface area (Å²) in [5.74, 6) is 1.09. The van der Waals surface area contributed by atoms with Gasteiger partial charge in [-0.15, -0.1) is 0 Å².